The first-order chi connectivity index (χ1) is 6.91. The van der Waals surface area contributed by atoms with Crippen LogP contribution in [-0.4, -0.2) is 21.7 Å². The van der Waals surface area contributed by atoms with Crippen LogP contribution in [-0.2, 0) is 21.2 Å². The van der Waals surface area contributed by atoms with Gasteiger partial charge in [-0.25, -0.2) is 0 Å². The molecule has 0 spiro atoms. The van der Waals surface area contributed by atoms with E-state index in [0.29, 0.717) is 5.56 Å². The van der Waals surface area contributed by atoms with Gasteiger partial charge < -0.3 is 4.55 Å². The predicted molar refractivity (Wildman–Crippen MR) is 54.9 cm³/mol. The minimum atomic E-state index is -4.71. The maximum Gasteiger partial charge on any atom is 0.302 e. The van der Waals surface area contributed by atoms with Crippen molar-refractivity contribution >= 4 is 27.3 Å². The second-order valence-corrected chi connectivity index (χ2v) is 5.14. The number of hydrogen-bond acceptors (Lipinski definition) is 4. The summed E-state index contributed by atoms with van der Waals surface area (Å²) in [6.45, 7) is 0. The summed E-state index contributed by atoms with van der Waals surface area (Å²) in [6.07, 6.45) is 0.873. The molecule has 15 heavy (non-hydrogen) atoms. The maximum absolute atomic E-state index is 10.7. The van der Waals surface area contributed by atoms with E-state index in [1.807, 2.05) is 0 Å². The third-order valence-corrected chi connectivity index (χ3v) is 3.62. The molecule has 1 rings (SSSR count). The number of rotatable bonds is 3. The third kappa shape index (κ3) is 3.56. The molecule has 1 N–H and O–H groups in total. The summed E-state index contributed by atoms with van der Waals surface area (Å²) in [7, 11) is -4.71. The van der Waals surface area contributed by atoms with Crippen molar-refractivity contribution in [2.45, 2.75) is 0 Å². The Morgan fingerprint density at radius 3 is 2.27 bits per heavy atom. The summed E-state index contributed by atoms with van der Waals surface area (Å²) in [6, 6.07) is 7.94. The summed E-state index contributed by atoms with van der Waals surface area (Å²) in [5, 5.41) is 0. The summed E-state index contributed by atoms with van der Waals surface area (Å²) < 4.78 is 50.0. The zero-order valence-corrected chi connectivity index (χ0v) is 8.99. The van der Waals surface area contributed by atoms with Crippen molar-refractivity contribution in [3.05, 3.63) is 40.1 Å². The zero-order valence-electron chi connectivity index (χ0n) is 7.36. The standard InChI is InChI=1S/C8H8O5S2/c9-14(10)8(15(11,12)13)6-7-4-2-1-3-5-7/h1-6H,(H,9,10)(H,11,12,13)/p-1. The van der Waals surface area contributed by atoms with Crippen LogP contribution < -0.4 is 0 Å². The van der Waals surface area contributed by atoms with Gasteiger partial charge in [0.25, 0.3) is 0 Å². The molecule has 1 atom stereocenters. The molecule has 1 aromatic carbocycles. The fraction of sp³-hybridized carbons (Fsp3) is 0. The summed E-state index contributed by atoms with van der Waals surface area (Å²) in [4.78, 5) is 0. The van der Waals surface area contributed by atoms with E-state index >= 15 is 0 Å². The van der Waals surface area contributed by atoms with Gasteiger partial charge in [0.15, 0.2) is 0 Å². The Labute approximate surface area is 89.5 Å². The van der Waals surface area contributed by atoms with Gasteiger partial charge >= 0.3 is 10.1 Å². The van der Waals surface area contributed by atoms with E-state index in [1.54, 1.807) is 18.2 Å². The van der Waals surface area contributed by atoms with Crippen molar-refractivity contribution in [1.29, 1.82) is 0 Å². The first-order valence-electron chi connectivity index (χ1n) is 3.75. The number of hydrogen-bond donors (Lipinski definition) is 1. The van der Waals surface area contributed by atoms with Crippen LogP contribution in [0.25, 0.3) is 6.08 Å². The molecular formula is C8H7O5S2-. The molecule has 1 unspecified atom stereocenters. The van der Waals surface area contributed by atoms with Gasteiger partial charge in [-0.3, -0.25) is 8.76 Å². The van der Waals surface area contributed by atoms with Gasteiger partial charge in [-0.1, -0.05) is 30.3 Å². The second-order valence-electron chi connectivity index (χ2n) is 2.58. The fourth-order valence-electron chi connectivity index (χ4n) is 0.894. The maximum atomic E-state index is 10.7. The van der Waals surface area contributed by atoms with Crippen LogP contribution in [0.15, 0.2) is 34.6 Å². The second kappa shape index (κ2) is 4.67. The highest BCUT2D eigenvalue weighted by Gasteiger charge is 2.14. The third-order valence-electron chi connectivity index (χ3n) is 1.50. The predicted octanol–water partition coefficient (Wildman–Crippen LogP) is 0.752. The Morgan fingerprint density at radius 1 is 1.33 bits per heavy atom. The first kappa shape index (κ1) is 12.1. The van der Waals surface area contributed by atoms with E-state index in [9.17, 15) is 17.2 Å². The SMILES string of the molecule is O=S([O-])C(=Cc1ccccc1)S(=O)(=O)O. The first-order valence-corrected chi connectivity index (χ1v) is 6.26. The Hall–Kier alpha value is -1.02. The summed E-state index contributed by atoms with van der Waals surface area (Å²) >= 11 is -3.00. The molecule has 0 saturated carbocycles. The highest BCUT2D eigenvalue weighted by Crippen LogP contribution is 2.13. The van der Waals surface area contributed by atoms with Crippen LogP contribution in [0.4, 0.5) is 0 Å². The van der Waals surface area contributed by atoms with Crippen LogP contribution in [0.5, 0.6) is 0 Å². The smallest absolute Gasteiger partial charge is 0.302 e. The van der Waals surface area contributed by atoms with Gasteiger partial charge in [-0.15, -0.1) is 0 Å². The monoisotopic (exact) mass is 247 g/mol. The van der Waals surface area contributed by atoms with Crippen LogP contribution >= 0.6 is 0 Å². The van der Waals surface area contributed by atoms with E-state index in [1.165, 1.54) is 12.1 Å². The molecule has 5 nitrogen and oxygen atoms in total. The van der Waals surface area contributed by atoms with Crippen molar-refractivity contribution in [2.24, 2.45) is 0 Å². The van der Waals surface area contributed by atoms with E-state index in [4.69, 9.17) is 4.55 Å². The van der Waals surface area contributed by atoms with Gasteiger partial charge in [0, 0.05) is 0 Å². The zero-order chi connectivity index (χ0) is 11.5. The Balaban J connectivity index is 3.24. The molecular weight excluding hydrogens is 240 g/mol. The fourth-order valence-corrected chi connectivity index (χ4v) is 2.10. The number of benzene rings is 1. The van der Waals surface area contributed by atoms with Gasteiger partial charge in [-0.2, -0.15) is 8.42 Å². The lowest BCUT2D eigenvalue weighted by Gasteiger charge is -2.06. The molecule has 0 saturated heterocycles. The Bertz CT molecular complexity index is 489. The van der Waals surface area contributed by atoms with Crippen LogP contribution in [0.3, 0.4) is 0 Å². The van der Waals surface area contributed by atoms with Gasteiger partial charge in [-0.05, 0) is 22.7 Å². The lowest BCUT2D eigenvalue weighted by atomic mass is 10.2. The lowest BCUT2D eigenvalue weighted by molar-refractivity contribution is 0.491. The van der Waals surface area contributed by atoms with E-state index in [2.05, 4.69) is 0 Å². The van der Waals surface area contributed by atoms with Crippen LogP contribution in [0.1, 0.15) is 5.56 Å². The summed E-state index contributed by atoms with van der Waals surface area (Å²) in [5.41, 5.74) is 0.370. The Kier molecular flexibility index (Phi) is 3.75. The van der Waals surface area contributed by atoms with E-state index in [0.717, 1.165) is 6.08 Å². The summed E-state index contributed by atoms with van der Waals surface area (Å²) in [5.74, 6) is 0. The molecule has 0 radical (unpaired) electrons. The minimum absolute atomic E-state index is 0.370. The van der Waals surface area contributed by atoms with E-state index < -0.39 is 25.4 Å². The van der Waals surface area contributed by atoms with Gasteiger partial charge in [0.1, 0.15) is 4.24 Å². The minimum Gasteiger partial charge on any atom is -0.768 e. The average Bonchev–Trinajstić information content (AvgIpc) is 2.13. The van der Waals surface area contributed by atoms with Crippen molar-refractivity contribution in [3.8, 4) is 0 Å². The molecule has 1 aromatic rings. The van der Waals surface area contributed by atoms with Crippen molar-refractivity contribution in [3.63, 3.8) is 0 Å². The molecule has 0 aliphatic rings. The van der Waals surface area contributed by atoms with Crippen molar-refractivity contribution in [1.82, 2.24) is 0 Å². The molecule has 0 aromatic heterocycles. The molecule has 0 aliphatic heterocycles. The van der Waals surface area contributed by atoms with Crippen molar-refractivity contribution < 1.29 is 21.7 Å². The molecule has 0 amide bonds. The normalized spacial score (nSPS) is 14.9. The van der Waals surface area contributed by atoms with Crippen LogP contribution in [0, 0.1) is 0 Å². The Morgan fingerprint density at radius 2 is 1.87 bits per heavy atom. The largest absolute Gasteiger partial charge is 0.768 e. The molecule has 0 heterocycles. The van der Waals surface area contributed by atoms with Gasteiger partial charge in [0.2, 0.25) is 0 Å². The lowest BCUT2D eigenvalue weighted by Crippen LogP contribution is -2.06. The molecule has 7 heteroatoms. The van der Waals surface area contributed by atoms with Crippen LogP contribution in [0.2, 0.25) is 0 Å². The highest BCUT2D eigenvalue weighted by atomic mass is 32.3. The molecule has 0 aliphatic carbocycles. The topological polar surface area (TPSA) is 94.5 Å². The highest BCUT2D eigenvalue weighted by molar-refractivity contribution is 8.06. The van der Waals surface area contributed by atoms with Gasteiger partial charge in [0.05, 0.1) is 0 Å². The molecule has 82 valence electrons. The average molecular weight is 247 g/mol. The van der Waals surface area contributed by atoms with E-state index in [-0.39, 0.29) is 0 Å². The quantitative estimate of drug-likeness (QED) is 0.628. The van der Waals surface area contributed by atoms with Crippen molar-refractivity contribution in [2.75, 3.05) is 0 Å². The molecule has 0 fully saturated rings. The molecule has 0 bridgehead atoms.